The average Bonchev–Trinajstić information content (AvgIpc) is 4.40. The van der Waals surface area contributed by atoms with E-state index in [9.17, 15) is 24.9 Å². The minimum Gasteiger partial charge on any atom is -0.507 e. The molecule has 6 N–H and O–H groups in total. The smallest absolute Gasteiger partial charge is 0.243 e. The van der Waals surface area contributed by atoms with Gasteiger partial charge in [-0.2, -0.15) is 0 Å². The van der Waals surface area contributed by atoms with E-state index in [1.165, 1.54) is 4.90 Å². The predicted molar refractivity (Wildman–Crippen MR) is 319 cm³/mol. The molecule has 3 unspecified atom stereocenters. The van der Waals surface area contributed by atoms with Gasteiger partial charge in [-0.3, -0.25) is 9.59 Å². The van der Waals surface area contributed by atoms with Crippen LogP contribution in [0.15, 0.2) is 89.0 Å². The van der Waals surface area contributed by atoms with Crippen molar-refractivity contribution in [3.05, 3.63) is 102 Å². The number of hydrogen-bond donors (Lipinski definition) is 5. The molecule has 0 spiro atoms. The first-order valence-corrected chi connectivity index (χ1v) is 30.6. The molecule has 9 heterocycles. The Labute approximate surface area is 489 Å². The minimum absolute atomic E-state index is 0.0247. The van der Waals surface area contributed by atoms with Crippen molar-refractivity contribution >= 4 is 46.2 Å². The summed E-state index contributed by atoms with van der Waals surface area (Å²) in [5.74, 6) is 8.34. The number of nitrogens with zero attached hydrogens (tertiary/aromatic N) is 10. The number of pyridine rings is 1. The molecule has 83 heavy (non-hydrogen) atoms. The van der Waals surface area contributed by atoms with Crippen molar-refractivity contribution in [3.63, 3.8) is 0 Å². The highest BCUT2D eigenvalue weighted by atomic mass is 32.1. The third kappa shape index (κ3) is 12.1. The van der Waals surface area contributed by atoms with E-state index in [0.717, 1.165) is 117 Å². The number of ether oxygens (including phenoxy) is 1. The summed E-state index contributed by atoms with van der Waals surface area (Å²) in [5.41, 5.74) is 13.4. The first-order chi connectivity index (χ1) is 40.1. The molecule has 6 fully saturated rings. The Morgan fingerprint density at radius 1 is 0.904 bits per heavy atom. The second kappa shape index (κ2) is 23.7. The zero-order chi connectivity index (χ0) is 57.5. The Balaban J connectivity index is 0.574. The van der Waals surface area contributed by atoms with Gasteiger partial charge in [-0.15, -0.1) is 21.5 Å². The fourth-order valence-corrected chi connectivity index (χ4v) is 14.2. The predicted octanol–water partition coefficient (Wildman–Crippen LogP) is 7.59. The number of fused-ring (bicyclic) bond motifs is 2. The highest BCUT2D eigenvalue weighted by Crippen LogP contribution is 2.41. The number of piperazine rings is 1. The van der Waals surface area contributed by atoms with Crippen LogP contribution in [0.2, 0.25) is 0 Å². The number of aromatic hydroxyl groups is 1. The van der Waals surface area contributed by atoms with Crippen molar-refractivity contribution in [2.24, 2.45) is 17.8 Å². The number of β-amino-alcohol motifs (C(OH)–C–C–N with tert-alkyl or cyclic N) is 1. The van der Waals surface area contributed by atoms with Gasteiger partial charge in [0.25, 0.3) is 0 Å². The van der Waals surface area contributed by atoms with Crippen LogP contribution in [0.25, 0.3) is 21.7 Å². The normalized spacial score (nSPS) is 24.3. The molecule has 20 heteroatoms. The number of hydrogen-bond acceptors (Lipinski definition) is 18. The number of benzene rings is 2. The summed E-state index contributed by atoms with van der Waals surface area (Å²) in [4.78, 5) is 49.4. The van der Waals surface area contributed by atoms with E-state index in [2.05, 4.69) is 74.2 Å². The largest absolute Gasteiger partial charge is 0.507 e. The van der Waals surface area contributed by atoms with E-state index >= 15 is 0 Å². The lowest BCUT2D eigenvalue weighted by atomic mass is 9.81. The van der Waals surface area contributed by atoms with Crippen molar-refractivity contribution in [3.8, 4) is 45.2 Å². The number of phenols is 1. The van der Waals surface area contributed by atoms with Gasteiger partial charge in [-0.05, 0) is 99.6 Å². The first-order valence-electron chi connectivity index (χ1n) is 29.7. The number of anilines is 4. The number of nitrogens with one attached hydrogen (secondary N) is 1. The summed E-state index contributed by atoms with van der Waals surface area (Å²) < 4.78 is 12.4. The second-order valence-electron chi connectivity index (χ2n) is 24.3. The quantitative estimate of drug-likeness (QED) is 0.0623. The fourth-order valence-electron chi connectivity index (χ4n) is 13.4. The summed E-state index contributed by atoms with van der Waals surface area (Å²) in [5, 5.41) is 49.0. The van der Waals surface area contributed by atoms with Gasteiger partial charge >= 0.3 is 0 Å². The molecular formula is C63H76N12O7S. The summed E-state index contributed by atoms with van der Waals surface area (Å²) in [6.07, 6.45) is 8.14. The van der Waals surface area contributed by atoms with E-state index in [0.29, 0.717) is 53.3 Å². The van der Waals surface area contributed by atoms with E-state index < -0.39 is 23.7 Å². The standard InChI is InChI=1S/C63H76N12O7S/c1-38(2)58(62(79)74-36-48(76)30-53(74)61(78)67-39(3)43-9-11-44(12-10-43)59-40(4)66-37-83-59)55-32-56(70-82-55)72-23-17-41(18-24-72)33-71-25-20-63(80,21-26-71)19-15-42-27-49(28-42)81-57-29-45(16-22-65-57)75-46-13-14-47(75)35-73(34-46)52-31-51(68-69-60(52)64)50-7-5-6-8-54(50)77/h5-12,16,22,29,31-32,37-39,41-42,46-49,53,58,76-77,80H,13-14,17-18,20-21,23-28,30,33-36H2,1-4H3,(H2,64,69)(H,67,78)/t39-,42?,46?,47?,48+,49?,53-,58?/m0/s1. The van der Waals surface area contributed by atoms with Crippen LogP contribution in [0.4, 0.5) is 23.0 Å². The molecule has 436 valence electrons. The van der Waals surface area contributed by atoms with E-state index in [1.54, 1.807) is 23.5 Å². The van der Waals surface area contributed by atoms with E-state index in [-0.39, 0.29) is 66.6 Å². The SMILES string of the molecule is Cc1ncsc1-c1ccc([C@H](C)NC(=O)[C@@H]2C[C@@H](O)CN2C(=O)C(c2cc(N3CCC(CN4CCC(O)(C#CC5CC(Oc6cc(N7C8CCC7CN(c7cc(-c9ccccc9O)nnc7N)C8)ccn6)C5)CC4)CC3)no2)C(C)C)cc1. The molecule has 5 aliphatic heterocycles. The number of aromatic nitrogens is 5. The lowest BCUT2D eigenvalue weighted by Gasteiger charge is -2.43. The second-order valence-corrected chi connectivity index (χ2v) is 25.2. The number of thiazole rings is 1. The molecule has 19 nitrogen and oxygen atoms in total. The number of para-hydroxylation sites is 1. The van der Waals surface area contributed by atoms with Gasteiger partial charge in [0, 0.05) is 119 Å². The number of rotatable bonds is 15. The van der Waals surface area contributed by atoms with Crippen LogP contribution in [0.5, 0.6) is 11.6 Å². The van der Waals surface area contributed by atoms with Crippen molar-refractivity contribution in [1.82, 2.24) is 40.4 Å². The molecule has 5 saturated heterocycles. The van der Waals surface area contributed by atoms with Crippen molar-refractivity contribution < 1.29 is 34.2 Å². The molecular weight excluding hydrogens is 1070 g/mol. The van der Waals surface area contributed by atoms with Crippen LogP contribution in [0, 0.1) is 36.5 Å². The van der Waals surface area contributed by atoms with Crippen LogP contribution in [0.3, 0.4) is 0 Å². The average molecular weight is 1150 g/mol. The lowest BCUT2D eigenvalue weighted by molar-refractivity contribution is -0.141. The maximum atomic E-state index is 14.4. The Morgan fingerprint density at radius 2 is 1.65 bits per heavy atom. The lowest BCUT2D eigenvalue weighted by Crippen LogP contribution is -2.54. The third-order valence-electron chi connectivity index (χ3n) is 18.2. The summed E-state index contributed by atoms with van der Waals surface area (Å²) in [6.45, 7) is 13.7. The highest BCUT2D eigenvalue weighted by molar-refractivity contribution is 7.13. The fraction of sp³-hybridized carbons (Fsp3) is 0.508. The minimum atomic E-state index is -0.992. The van der Waals surface area contributed by atoms with Gasteiger partial charge in [0.05, 0.1) is 39.6 Å². The van der Waals surface area contributed by atoms with Crippen molar-refractivity contribution in [2.75, 3.05) is 72.8 Å². The maximum Gasteiger partial charge on any atom is 0.243 e. The molecule has 6 aromatic rings. The van der Waals surface area contributed by atoms with Gasteiger partial charge in [-0.1, -0.05) is 67.2 Å². The first kappa shape index (κ1) is 56.2. The van der Waals surface area contributed by atoms with Crippen LogP contribution < -0.4 is 30.5 Å². The maximum absolute atomic E-state index is 14.4. The zero-order valence-electron chi connectivity index (χ0n) is 47.8. The van der Waals surface area contributed by atoms with Gasteiger partial charge in [0.1, 0.15) is 29.4 Å². The molecule has 2 bridgehead atoms. The van der Waals surface area contributed by atoms with Crippen molar-refractivity contribution in [1.29, 1.82) is 0 Å². The molecule has 6 atom stereocenters. The summed E-state index contributed by atoms with van der Waals surface area (Å²) in [6, 6.07) is 22.6. The summed E-state index contributed by atoms with van der Waals surface area (Å²) in [7, 11) is 0. The molecule has 1 saturated carbocycles. The van der Waals surface area contributed by atoms with E-state index in [1.807, 2.05) is 87.9 Å². The highest BCUT2D eigenvalue weighted by Gasteiger charge is 2.45. The van der Waals surface area contributed by atoms with Gasteiger partial charge in [-0.25, -0.2) is 9.97 Å². The number of carbonyl (C=O) groups excluding carboxylic acids is 2. The number of piperidine rings is 2. The Morgan fingerprint density at radius 3 is 2.36 bits per heavy atom. The molecule has 0 radical (unpaired) electrons. The monoisotopic (exact) mass is 1140 g/mol. The number of amides is 2. The van der Waals surface area contributed by atoms with Gasteiger partial charge < -0.3 is 60.1 Å². The van der Waals surface area contributed by atoms with Crippen LogP contribution >= 0.6 is 11.3 Å². The Hall–Kier alpha value is -7.31. The molecule has 2 aromatic carbocycles. The molecule has 12 rings (SSSR count). The number of carbonyl (C=O) groups is 2. The number of nitrogen functional groups attached to an aromatic ring is 1. The number of phenolic OH excluding ortho intramolecular Hbond substituents is 1. The number of aryl methyl sites for hydroxylation is 1. The number of likely N-dealkylation sites (tertiary alicyclic amines) is 2. The van der Waals surface area contributed by atoms with Gasteiger partial charge in [0.2, 0.25) is 17.7 Å². The molecule has 6 aliphatic rings. The number of nitrogens with two attached hydrogens (primary N) is 1. The van der Waals surface area contributed by atoms with Gasteiger partial charge in [0.15, 0.2) is 17.4 Å². The Bertz CT molecular complexity index is 3330. The molecule has 1 aliphatic carbocycles. The summed E-state index contributed by atoms with van der Waals surface area (Å²) >= 11 is 1.60. The zero-order valence-corrected chi connectivity index (χ0v) is 48.6. The van der Waals surface area contributed by atoms with Crippen LogP contribution in [-0.2, 0) is 9.59 Å². The topological polar surface area (TPSA) is 236 Å². The van der Waals surface area contributed by atoms with Crippen molar-refractivity contribution in [2.45, 2.75) is 133 Å². The molecule has 2 amide bonds. The number of aliphatic hydroxyl groups excluding tert-OH is 1. The van der Waals surface area contributed by atoms with Crippen LogP contribution in [0.1, 0.15) is 108 Å². The van der Waals surface area contributed by atoms with Crippen LogP contribution in [-0.4, -0.2) is 151 Å². The Kier molecular flexibility index (Phi) is 16.1. The van der Waals surface area contributed by atoms with E-state index in [4.69, 9.17) is 15.0 Å². The third-order valence-corrected chi connectivity index (χ3v) is 19.2. The number of aliphatic hydroxyl groups is 2. The molecule has 4 aromatic heterocycles.